The smallest absolute Gasteiger partial charge is 0.314 e. The SMILES string of the molecule is CC(C)COCCCNC(=O)NCC(C)CC(=O)O. The first kappa shape index (κ1) is 17.7. The molecule has 3 N–H and O–H groups in total. The van der Waals surface area contributed by atoms with Crippen molar-refractivity contribution in [1.29, 1.82) is 0 Å². The van der Waals surface area contributed by atoms with Crippen molar-refractivity contribution in [3.63, 3.8) is 0 Å². The third-order valence-electron chi connectivity index (χ3n) is 2.34. The molecule has 19 heavy (non-hydrogen) atoms. The van der Waals surface area contributed by atoms with Crippen LogP contribution in [0.4, 0.5) is 4.79 Å². The molecule has 0 spiro atoms. The number of rotatable bonds is 10. The molecule has 0 aliphatic carbocycles. The number of hydrogen-bond donors (Lipinski definition) is 3. The first-order chi connectivity index (χ1) is 8.91. The fraction of sp³-hybridized carbons (Fsp3) is 0.846. The van der Waals surface area contributed by atoms with Crippen LogP contribution in [0.5, 0.6) is 0 Å². The van der Waals surface area contributed by atoms with Crippen LogP contribution in [-0.4, -0.2) is 43.4 Å². The largest absolute Gasteiger partial charge is 0.481 e. The zero-order chi connectivity index (χ0) is 14.7. The molecular formula is C13H26N2O4. The number of carboxylic acids is 1. The summed E-state index contributed by atoms with van der Waals surface area (Å²) in [6, 6.07) is -0.263. The predicted octanol–water partition coefficient (Wildman–Crippen LogP) is 1.46. The van der Waals surface area contributed by atoms with Crippen molar-refractivity contribution >= 4 is 12.0 Å². The van der Waals surface area contributed by atoms with Gasteiger partial charge in [-0.25, -0.2) is 4.79 Å². The van der Waals surface area contributed by atoms with Crippen LogP contribution >= 0.6 is 0 Å². The fourth-order valence-electron chi connectivity index (χ4n) is 1.39. The van der Waals surface area contributed by atoms with Gasteiger partial charge in [0, 0.05) is 32.7 Å². The molecule has 0 fully saturated rings. The molecule has 0 heterocycles. The summed E-state index contributed by atoms with van der Waals surface area (Å²) in [4.78, 5) is 21.8. The van der Waals surface area contributed by atoms with E-state index in [2.05, 4.69) is 24.5 Å². The van der Waals surface area contributed by atoms with E-state index in [0.29, 0.717) is 25.6 Å². The van der Waals surface area contributed by atoms with Gasteiger partial charge in [-0.15, -0.1) is 0 Å². The number of carbonyl (C=O) groups excluding carboxylic acids is 1. The maximum atomic E-state index is 11.4. The molecule has 0 saturated carbocycles. The van der Waals surface area contributed by atoms with E-state index in [1.165, 1.54) is 0 Å². The van der Waals surface area contributed by atoms with Crippen molar-refractivity contribution in [3.05, 3.63) is 0 Å². The summed E-state index contributed by atoms with van der Waals surface area (Å²) in [6.45, 7) is 8.24. The molecule has 0 aromatic carbocycles. The van der Waals surface area contributed by atoms with E-state index in [1.807, 2.05) is 0 Å². The van der Waals surface area contributed by atoms with Gasteiger partial charge in [0.1, 0.15) is 0 Å². The summed E-state index contributed by atoms with van der Waals surface area (Å²) in [5, 5.41) is 13.9. The van der Waals surface area contributed by atoms with E-state index in [0.717, 1.165) is 13.0 Å². The molecule has 0 aliphatic rings. The van der Waals surface area contributed by atoms with Gasteiger partial charge in [0.2, 0.25) is 0 Å². The second-order valence-electron chi connectivity index (χ2n) is 5.16. The van der Waals surface area contributed by atoms with Crippen molar-refractivity contribution in [2.24, 2.45) is 11.8 Å². The minimum atomic E-state index is -0.850. The van der Waals surface area contributed by atoms with E-state index >= 15 is 0 Å². The quantitative estimate of drug-likeness (QED) is 0.526. The molecule has 6 heteroatoms. The molecule has 0 aromatic rings. The highest BCUT2D eigenvalue weighted by atomic mass is 16.5. The van der Waals surface area contributed by atoms with Crippen LogP contribution in [0.2, 0.25) is 0 Å². The number of hydrogen-bond acceptors (Lipinski definition) is 3. The summed E-state index contributed by atoms with van der Waals surface area (Å²) in [5.74, 6) is -0.401. The summed E-state index contributed by atoms with van der Waals surface area (Å²) in [6.07, 6.45) is 0.828. The highest BCUT2D eigenvalue weighted by molar-refractivity contribution is 5.73. The van der Waals surface area contributed by atoms with Crippen LogP contribution in [0.15, 0.2) is 0 Å². The molecule has 112 valence electrons. The van der Waals surface area contributed by atoms with Gasteiger partial charge in [0.05, 0.1) is 0 Å². The summed E-state index contributed by atoms with van der Waals surface area (Å²) in [5.41, 5.74) is 0. The molecular weight excluding hydrogens is 248 g/mol. The number of urea groups is 1. The van der Waals surface area contributed by atoms with Crippen molar-refractivity contribution in [2.45, 2.75) is 33.6 Å². The third kappa shape index (κ3) is 12.9. The lowest BCUT2D eigenvalue weighted by Gasteiger charge is -2.11. The molecule has 0 bridgehead atoms. The summed E-state index contributed by atoms with van der Waals surface area (Å²) in [7, 11) is 0. The molecule has 2 amide bonds. The van der Waals surface area contributed by atoms with Crippen LogP contribution in [-0.2, 0) is 9.53 Å². The second-order valence-corrected chi connectivity index (χ2v) is 5.16. The molecule has 0 saturated heterocycles. The Morgan fingerprint density at radius 2 is 1.89 bits per heavy atom. The highest BCUT2D eigenvalue weighted by Gasteiger charge is 2.08. The van der Waals surface area contributed by atoms with Gasteiger partial charge in [0.15, 0.2) is 0 Å². The summed E-state index contributed by atoms with van der Waals surface area (Å²) < 4.78 is 5.38. The lowest BCUT2D eigenvalue weighted by molar-refractivity contribution is -0.137. The van der Waals surface area contributed by atoms with Gasteiger partial charge in [-0.1, -0.05) is 20.8 Å². The Bertz CT molecular complexity index is 269. The van der Waals surface area contributed by atoms with Crippen LogP contribution in [0.25, 0.3) is 0 Å². The monoisotopic (exact) mass is 274 g/mol. The zero-order valence-corrected chi connectivity index (χ0v) is 12.1. The molecule has 0 rings (SSSR count). The molecule has 0 aliphatic heterocycles. The highest BCUT2D eigenvalue weighted by Crippen LogP contribution is 1.98. The van der Waals surface area contributed by atoms with E-state index in [1.54, 1.807) is 6.92 Å². The number of aliphatic carboxylic acids is 1. The van der Waals surface area contributed by atoms with Crippen molar-refractivity contribution in [2.75, 3.05) is 26.3 Å². The van der Waals surface area contributed by atoms with Crippen LogP contribution in [0.3, 0.4) is 0 Å². The minimum absolute atomic E-state index is 0.0589. The van der Waals surface area contributed by atoms with Gasteiger partial charge >= 0.3 is 12.0 Å². The van der Waals surface area contributed by atoms with Crippen LogP contribution in [0.1, 0.15) is 33.6 Å². The van der Waals surface area contributed by atoms with Crippen molar-refractivity contribution in [1.82, 2.24) is 10.6 Å². The number of carbonyl (C=O) groups is 2. The molecule has 0 aromatic heterocycles. The van der Waals surface area contributed by atoms with Crippen LogP contribution in [0, 0.1) is 11.8 Å². The van der Waals surface area contributed by atoms with Gasteiger partial charge in [-0.05, 0) is 18.3 Å². The molecule has 0 radical (unpaired) electrons. The number of ether oxygens (including phenoxy) is 1. The van der Waals surface area contributed by atoms with Crippen LogP contribution < -0.4 is 10.6 Å². The molecule has 1 unspecified atom stereocenters. The number of nitrogens with one attached hydrogen (secondary N) is 2. The number of amides is 2. The zero-order valence-electron chi connectivity index (χ0n) is 12.1. The van der Waals surface area contributed by atoms with E-state index < -0.39 is 5.97 Å². The lowest BCUT2D eigenvalue weighted by atomic mass is 10.1. The van der Waals surface area contributed by atoms with Gasteiger partial charge < -0.3 is 20.5 Å². The van der Waals surface area contributed by atoms with Gasteiger partial charge in [0.25, 0.3) is 0 Å². The molecule has 6 nitrogen and oxygen atoms in total. The standard InChI is InChI=1S/C13H26N2O4/c1-10(2)9-19-6-4-5-14-13(18)15-8-11(3)7-12(16)17/h10-11H,4-9H2,1-3H3,(H,16,17)(H2,14,15,18). The minimum Gasteiger partial charge on any atom is -0.481 e. The maximum Gasteiger partial charge on any atom is 0.314 e. The van der Waals surface area contributed by atoms with E-state index in [4.69, 9.17) is 9.84 Å². The second kappa shape index (κ2) is 10.6. The Balaban J connectivity index is 3.42. The maximum absolute atomic E-state index is 11.4. The van der Waals surface area contributed by atoms with E-state index in [9.17, 15) is 9.59 Å². The Morgan fingerprint density at radius 1 is 1.21 bits per heavy atom. The first-order valence-electron chi connectivity index (χ1n) is 6.73. The normalized spacial score (nSPS) is 12.2. The Hall–Kier alpha value is -1.30. The van der Waals surface area contributed by atoms with E-state index in [-0.39, 0.29) is 18.4 Å². The Kier molecular flexibility index (Phi) is 9.88. The summed E-state index contributed by atoms with van der Waals surface area (Å²) >= 11 is 0. The molecule has 1 atom stereocenters. The van der Waals surface area contributed by atoms with Gasteiger partial charge in [-0.3, -0.25) is 4.79 Å². The topological polar surface area (TPSA) is 87.7 Å². The average molecular weight is 274 g/mol. The third-order valence-corrected chi connectivity index (χ3v) is 2.34. The van der Waals surface area contributed by atoms with Gasteiger partial charge in [-0.2, -0.15) is 0 Å². The Morgan fingerprint density at radius 3 is 2.47 bits per heavy atom. The lowest BCUT2D eigenvalue weighted by Crippen LogP contribution is -2.38. The van der Waals surface area contributed by atoms with Crippen molar-refractivity contribution in [3.8, 4) is 0 Å². The van der Waals surface area contributed by atoms with Crippen molar-refractivity contribution < 1.29 is 19.4 Å². The first-order valence-corrected chi connectivity index (χ1v) is 6.73. The average Bonchev–Trinajstić information content (AvgIpc) is 2.29. The fourth-order valence-corrected chi connectivity index (χ4v) is 1.39. The number of carboxylic acid groups (broad SMARTS) is 1. The predicted molar refractivity (Wildman–Crippen MR) is 73.1 cm³/mol. The Labute approximate surface area is 114 Å².